The second kappa shape index (κ2) is 6.92. The molecule has 1 aliphatic heterocycles. The number of methoxy groups -OCH3 is 2. The van der Waals surface area contributed by atoms with E-state index in [0.29, 0.717) is 6.61 Å². The second-order valence-electron chi connectivity index (χ2n) is 5.55. The minimum atomic E-state index is 0.161. The van der Waals surface area contributed by atoms with Gasteiger partial charge in [-0.05, 0) is 54.3 Å². The van der Waals surface area contributed by atoms with E-state index in [4.69, 9.17) is 14.2 Å². The summed E-state index contributed by atoms with van der Waals surface area (Å²) in [7, 11) is 3.35. The van der Waals surface area contributed by atoms with Crippen LogP contribution in [-0.2, 0) is 6.42 Å². The highest BCUT2D eigenvalue weighted by molar-refractivity contribution is 5.51. The molecule has 0 saturated heterocycles. The first-order valence-corrected chi connectivity index (χ1v) is 7.97. The summed E-state index contributed by atoms with van der Waals surface area (Å²) < 4.78 is 16.4. The summed E-state index contributed by atoms with van der Waals surface area (Å²) >= 11 is 0. The number of hydrogen-bond donors (Lipinski definition) is 1. The van der Waals surface area contributed by atoms with Gasteiger partial charge in [-0.3, -0.25) is 0 Å². The Balaban J connectivity index is 1.97. The summed E-state index contributed by atoms with van der Waals surface area (Å²) in [5, 5.41) is 3.59. The predicted molar refractivity (Wildman–Crippen MR) is 90.7 cm³/mol. The Bertz CT molecular complexity index is 667. The van der Waals surface area contributed by atoms with Crippen LogP contribution in [0.4, 0.5) is 0 Å². The van der Waals surface area contributed by atoms with E-state index >= 15 is 0 Å². The van der Waals surface area contributed by atoms with Crippen molar-refractivity contribution in [2.75, 3.05) is 27.4 Å². The van der Waals surface area contributed by atoms with Crippen molar-refractivity contribution in [3.63, 3.8) is 0 Å². The third-order valence-corrected chi connectivity index (χ3v) is 4.22. The van der Waals surface area contributed by atoms with Crippen LogP contribution in [0.25, 0.3) is 0 Å². The van der Waals surface area contributed by atoms with Crippen molar-refractivity contribution in [3.8, 4) is 17.2 Å². The Labute approximate surface area is 137 Å². The Kier molecular flexibility index (Phi) is 4.72. The van der Waals surface area contributed by atoms with Crippen LogP contribution in [0.1, 0.15) is 29.7 Å². The van der Waals surface area contributed by atoms with Crippen molar-refractivity contribution in [3.05, 3.63) is 53.1 Å². The average molecular weight is 313 g/mol. The average Bonchev–Trinajstić information content (AvgIpc) is 2.61. The molecule has 4 nitrogen and oxygen atoms in total. The van der Waals surface area contributed by atoms with Gasteiger partial charge in [-0.25, -0.2) is 0 Å². The molecular formula is C19H23NO3. The highest BCUT2D eigenvalue weighted by Crippen LogP contribution is 2.37. The molecule has 2 aromatic carbocycles. The summed E-state index contributed by atoms with van der Waals surface area (Å²) in [4.78, 5) is 0. The van der Waals surface area contributed by atoms with Gasteiger partial charge < -0.3 is 19.5 Å². The number of rotatable bonds is 5. The fraction of sp³-hybridized carbons (Fsp3) is 0.368. The molecule has 0 unspecified atom stereocenters. The summed E-state index contributed by atoms with van der Waals surface area (Å²) in [6.45, 7) is 3.62. The minimum absolute atomic E-state index is 0.161. The summed E-state index contributed by atoms with van der Waals surface area (Å²) in [6.07, 6.45) is 0.989. The molecule has 0 aliphatic carbocycles. The van der Waals surface area contributed by atoms with E-state index in [0.717, 1.165) is 30.2 Å². The lowest BCUT2D eigenvalue weighted by Gasteiger charge is -2.28. The number of ether oxygens (including phenoxy) is 3. The molecule has 1 atom stereocenters. The number of hydrogen-bond acceptors (Lipinski definition) is 4. The third kappa shape index (κ3) is 3.13. The van der Waals surface area contributed by atoms with Crippen LogP contribution in [0.15, 0.2) is 36.4 Å². The van der Waals surface area contributed by atoms with Crippen LogP contribution in [0.2, 0.25) is 0 Å². The van der Waals surface area contributed by atoms with Crippen molar-refractivity contribution < 1.29 is 14.2 Å². The molecule has 0 fully saturated rings. The third-order valence-electron chi connectivity index (χ3n) is 4.22. The van der Waals surface area contributed by atoms with Crippen LogP contribution in [0, 0.1) is 0 Å². The van der Waals surface area contributed by atoms with Gasteiger partial charge in [0.15, 0.2) is 11.5 Å². The maximum atomic E-state index is 5.53. The number of fused-ring (bicyclic) bond motifs is 1. The van der Waals surface area contributed by atoms with E-state index in [2.05, 4.69) is 29.6 Å². The van der Waals surface area contributed by atoms with Crippen molar-refractivity contribution in [1.82, 2.24) is 5.32 Å². The topological polar surface area (TPSA) is 39.7 Å². The predicted octanol–water partition coefficient (Wildman–Crippen LogP) is 3.34. The van der Waals surface area contributed by atoms with Gasteiger partial charge in [0.2, 0.25) is 0 Å². The monoisotopic (exact) mass is 313 g/mol. The molecule has 4 heteroatoms. The molecule has 3 rings (SSSR count). The van der Waals surface area contributed by atoms with Gasteiger partial charge in [-0.1, -0.05) is 12.1 Å². The zero-order chi connectivity index (χ0) is 16.2. The molecular weight excluding hydrogens is 290 g/mol. The molecule has 0 amide bonds. The van der Waals surface area contributed by atoms with Crippen LogP contribution >= 0.6 is 0 Å². The first kappa shape index (κ1) is 15.7. The van der Waals surface area contributed by atoms with Gasteiger partial charge in [0.05, 0.1) is 26.9 Å². The van der Waals surface area contributed by atoms with Crippen LogP contribution < -0.4 is 19.5 Å². The molecule has 1 N–H and O–H groups in total. The molecule has 1 heterocycles. The first-order chi connectivity index (χ1) is 11.3. The number of benzene rings is 2. The lowest BCUT2D eigenvalue weighted by Crippen LogP contribution is -2.30. The molecule has 1 aliphatic rings. The molecule has 122 valence electrons. The fourth-order valence-electron chi connectivity index (χ4n) is 3.10. The maximum Gasteiger partial charge on any atom is 0.161 e. The van der Waals surface area contributed by atoms with E-state index < -0.39 is 0 Å². The van der Waals surface area contributed by atoms with Crippen LogP contribution in [0.5, 0.6) is 17.2 Å². The van der Waals surface area contributed by atoms with Crippen LogP contribution in [-0.4, -0.2) is 27.4 Å². The SMILES string of the molecule is CCOc1ccc([C@H]2NCCc3cc(OC)c(OC)cc32)cc1. The molecule has 0 saturated carbocycles. The van der Waals surface area contributed by atoms with Gasteiger partial charge in [-0.2, -0.15) is 0 Å². The minimum Gasteiger partial charge on any atom is -0.494 e. The highest BCUT2D eigenvalue weighted by atomic mass is 16.5. The Morgan fingerprint density at radius 3 is 2.39 bits per heavy atom. The molecule has 0 radical (unpaired) electrons. The Hall–Kier alpha value is -2.20. The smallest absolute Gasteiger partial charge is 0.161 e. The van der Waals surface area contributed by atoms with Gasteiger partial charge >= 0.3 is 0 Å². The van der Waals surface area contributed by atoms with E-state index in [1.807, 2.05) is 19.1 Å². The van der Waals surface area contributed by atoms with Crippen molar-refractivity contribution >= 4 is 0 Å². The fourth-order valence-corrected chi connectivity index (χ4v) is 3.10. The Morgan fingerprint density at radius 1 is 1.04 bits per heavy atom. The van der Waals surface area contributed by atoms with E-state index in [1.165, 1.54) is 16.7 Å². The van der Waals surface area contributed by atoms with Crippen LogP contribution in [0.3, 0.4) is 0 Å². The van der Waals surface area contributed by atoms with Gasteiger partial charge in [-0.15, -0.1) is 0 Å². The standard InChI is InChI=1S/C19H23NO3/c1-4-23-15-7-5-13(6-8-15)19-16-12-18(22-3)17(21-2)11-14(16)9-10-20-19/h5-8,11-12,19-20H,4,9-10H2,1-3H3/t19-/m1/s1. The molecule has 2 aromatic rings. The summed E-state index contributed by atoms with van der Waals surface area (Å²) in [5.41, 5.74) is 3.78. The van der Waals surface area contributed by atoms with Crippen molar-refractivity contribution in [2.24, 2.45) is 0 Å². The zero-order valence-electron chi connectivity index (χ0n) is 13.9. The van der Waals surface area contributed by atoms with Gasteiger partial charge in [0.1, 0.15) is 5.75 Å². The second-order valence-corrected chi connectivity index (χ2v) is 5.55. The van der Waals surface area contributed by atoms with Crippen molar-refractivity contribution in [2.45, 2.75) is 19.4 Å². The highest BCUT2D eigenvalue weighted by Gasteiger charge is 2.23. The van der Waals surface area contributed by atoms with E-state index in [1.54, 1.807) is 14.2 Å². The lowest BCUT2D eigenvalue weighted by atomic mass is 9.89. The number of nitrogens with one attached hydrogen (secondary N) is 1. The van der Waals surface area contributed by atoms with Crippen molar-refractivity contribution in [1.29, 1.82) is 0 Å². The molecule has 0 spiro atoms. The Morgan fingerprint density at radius 2 is 1.74 bits per heavy atom. The zero-order valence-corrected chi connectivity index (χ0v) is 13.9. The quantitative estimate of drug-likeness (QED) is 0.919. The first-order valence-electron chi connectivity index (χ1n) is 7.97. The van der Waals surface area contributed by atoms with Gasteiger partial charge in [0, 0.05) is 6.54 Å². The maximum absolute atomic E-state index is 5.53. The largest absolute Gasteiger partial charge is 0.494 e. The summed E-state index contributed by atoms with van der Waals surface area (Å²) in [5.74, 6) is 2.46. The summed E-state index contributed by atoms with van der Waals surface area (Å²) in [6, 6.07) is 12.6. The molecule has 0 bridgehead atoms. The van der Waals surface area contributed by atoms with Gasteiger partial charge in [0.25, 0.3) is 0 Å². The molecule has 0 aromatic heterocycles. The normalized spacial score (nSPS) is 16.6. The van der Waals surface area contributed by atoms with E-state index in [-0.39, 0.29) is 6.04 Å². The van der Waals surface area contributed by atoms with E-state index in [9.17, 15) is 0 Å². The lowest BCUT2D eigenvalue weighted by molar-refractivity contribution is 0.340. The molecule has 23 heavy (non-hydrogen) atoms.